The molecule has 0 radical (unpaired) electrons. The minimum atomic E-state index is -0.787. The summed E-state index contributed by atoms with van der Waals surface area (Å²) in [4.78, 5) is 23.8. The number of carbonyl (C=O) groups is 1. The highest BCUT2D eigenvalue weighted by Crippen LogP contribution is 2.45. The first-order valence-electron chi connectivity index (χ1n) is 10.9. The van der Waals surface area contributed by atoms with Crippen molar-refractivity contribution in [2.24, 2.45) is 0 Å². The van der Waals surface area contributed by atoms with Crippen LogP contribution in [0.4, 0.5) is 10.5 Å². The Labute approximate surface area is 199 Å². The first kappa shape index (κ1) is 22.1. The number of phenolic OH excluding ortho intramolecular Hbond substituents is 1. The molecule has 5 rings (SSSR count). The van der Waals surface area contributed by atoms with Crippen molar-refractivity contribution in [3.8, 4) is 23.0 Å². The number of rotatable bonds is 6. The van der Waals surface area contributed by atoms with Crippen LogP contribution in [0.5, 0.6) is 23.0 Å². The van der Waals surface area contributed by atoms with Gasteiger partial charge in [-0.3, -0.25) is 10.1 Å². The summed E-state index contributed by atoms with van der Waals surface area (Å²) in [6.07, 6.45) is 0. The van der Waals surface area contributed by atoms with Crippen LogP contribution in [0.3, 0.4) is 0 Å². The zero-order chi connectivity index (χ0) is 24.5. The van der Waals surface area contributed by atoms with Gasteiger partial charge in [-0.1, -0.05) is 30.3 Å². The fourth-order valence-electron chi connectivity index (χ4n) is 4.21. The maximum Gasteiger partial charge on any atom is 0.320 e. The van der Waals surface area contributed by atoms with Crippen LogP contribution >= 0.6 is 0 Å². The number of nitro benzene ring substituents is 1. The first-order chi connectivity index (χ1) is 17.0. The Morgan fingerprint density at radius 1 is 1.09 bits per heavy atom. The lowest BCUT2D eigenvalue weighted by atomic mass is 9.87. The average Bonchev–Trinajstić information content (AvgIpc) is 3.33. The van der Waals surface area contributed by atoms with E-state index in [0.29, 0.717) is 33.9 Å². The Balaban J connectivity index is 1.74. The molecule has 2 heterocycles. The molecule has 35 heavy (non-hydrogen) atoms. The number of benzene rings is 3. The van der Waals surface area contributed by atoms with Gasteiger partial charge in [-0.15, -0.1) is 0 Å². The molecule has 10 heteroatoms. The van der Waals surface area contributed by atoms with E-state index in [1.165, 1.54) is 12.1 Å². The molecule has 2 aliphatic heterocycles. The van der Waals surface area contributed by atoms with E-state index < -0.39 is 28.4 Å². The van der Waals surface area contributed by atoms with Gasteiger partial charge in [-0.25, -0.2) is 4.79 Å². The molecule has 2 amide bonds. The van der Waals surface area contributed by atoms with Gasteiger partial charge in [0.1, 0.15) is 0 Å². The lowest BCUT2D eigenvalue weighted by molar-refractivity contribution is -0.386. The lowest BCUT2D eigenvalue weighted by Gasteiger charge is -2.31. The predicted octanol–water partition coefficient (Wildman–Crippen LogP) is 4.35. The number of nitrogens with zero attached hydrogens (tertiary/aromatic N) is 1. The van der Waals surface area contributed by atoms with Crippen molar-refractivity contribution in [1.29, 1.82) is 0 Å². The van der Waals surface area contributed by atoms with Gasteiger partial charge >= 0.3 is 11.7 Å². The Hall–Kier alpha value is -4.73. The molecule has 178 valence electrons. The number of nitro groups is 1. The maximum absolute atomic E-state index is 12.8. The second-order valence-electron chi connectivity index (χ2n) is 7.83. The highest BCUT2D eigenvalue weighted by atomic mass is 16.7. The summed E-state index contributed by atoms with van der Waals surface area (Å²) >= 11 is 0. The van der Waals surface area contributed by atoms with Gasteiger partial charge in [0.2, 0.25) is 12.5 Å². The minimum absolute atomic E-state index is 0.0403. The quantitative estimate of drug-likeness (QED) is 0.357. The number of hydrogen-bond donors (Lipinski definition) is 3. The predicted molar refractivity (Wildman–Crippen MR) is 126 cm³/mol. The van der Waals surface area contributed by atoms with E-state index in [0.717, 1.165) is 5.56 Å². The number of ether oxygens (including phenoxy) is 3. The van der Waals surface area contributed by atoms with Gasteiger partial charge in [0, 0.05) is 17.2 Å². The molecule has 3 N–H and O–H groups in total. The second kappa shape index (κ2) is 8.90. The van der Waals surface area contributed by atoms with Crippen LogP contribution in [-0.4, -0.2) is 29.5 Å². The molecule has 0 aliphatic carbocycles. The van der Waals surface area contributed by atoms with E-state index in [2.05, 4.69) is 10.6 Å². The first-order valence-corrected chi connectivity index (χ1v) is 10.9. The molecule has 3 aromatic carbocycles. The summed E-state index contributed by atoms with van der Waals surface area (Å²) in [5.74, 6) is 0.539. The SMILES string of the molecule is CCOc1cc(C2NC(=O)NC(c3ccc4c(c3)OCO4)=C2c2ccccc2)cc([N+](=O)[O-])c1O. The normalized spacial score (nSPS) is 16.5. The number of phenols is 1. The van der Waals surface area contributed by atoms with Crippen LogP contribution in [0.2, 0.25) is 0 Å². The molecular formula is C25H21N3O7. The largest absolute Gasteiger partial charge is 0.500 e. The Kier molecular flexibility index (Phi) is 5.61. The van der Waals surface area contributed by atoms with Crippen molar-refractivity contribution in [1.82, 2.24) is 10.6 Å². The van der Waals surface area contributed by atoms with E-state index in [1.807, 2.05) is 30.3 Å². The Bertz CT molecular complexity index is 1350. The summed E-state index contributed by atoms with van der Waals surface area (Å²) in [7, 11) is 0. The second-order valence-corrected chi connectivity index (χ2v) is 7.83. The van der Waals surface area contributed by atoms with Crippen LogP contribution in [0.25, 0.3) is 11.3 Å². The molecule has 1 unspecified atom stereocenters. The standard InChI is InChI=1S/C25H21N3O7/c1-2-33-20-12-16(10-17(24(20)29)28(31)32)23-21(14-6-4-3-5-7-14)22(26-25(30)27-23)15-8-9-18-19(11-15)35-13-34-18/h3-12,23,29H,2,13H2,1H3,(H2,26,27,30). The molecule has 0 fully saturated rings. The molecule has 0 bridgehead atoms. The van der Waals surface area contributed by atoms with Crippen LogP contribution in [-0.2, 0) is 0 Å². The molecule has 2 aliphatic rings. The monoisotopic (exact) mass is 475 g/mol. The number of aromatic hydroxyl groups is 1. The average molecular weight is 475 g/mol. The third-order valence-electron chi connectivity index (χ3n) is 5.73. The Morgan fingerprint density at radius 3 is 2.60 bits per heavy atom. The summed E-state index contributed by atoms with van der Waals surface area (Å²) in [5, 5.41) is 27.8. The molecule has 3 aromatic rings. The van der Waals surface area contributed by atoms with Crippen LogP contribution in [0.1, 0.15) is 29.7 Å². The van der Waals surface area contributed by atoms with Crippen molar-refractivity contribution in [3.63, 3.8) is 0 Å². The summed E-state index contributed by atoms with van der Waals surface area (Å²) in [5.41, 5.74) is 2.50. The molecule has 0 saturated carbocycles. The summed E-state index contributed by atoms with van der Waals surface area (Å²) in [6, 6.07) is 16.2. The molecule has 0 saturated heterocycles. The van der Waals surface area contributed by atoms with Crippen molar-refractivity contribution in [2.75, 3.05) is 13.4 Å². The number of amides is 2. The number of nitrogens with one attached hydrogen (secondary N) is 2. The molecule has 0 spiro atoms. The highest BCUT2D eigenvalue weighted by molar-refractivity contribution is 6.03. The van der Waals surface area contributed by atoms with Crippen molar-refractivity contribution in [2.45, 2.75) is 13.0 Å². The zero-order valence-corrected chi connectivity index (χ0v) is 18.6. The molecule has 0 aromatic heterocycles. The smallest absolute Gasteiger partial charge is 0.320 e. The maximum atomic E-state index is 12.8. The zero-order valence-electron chi connectivity index (χ0n) is 18.6. The van der Waals surface area contributed by atoms with E-state index in [4.69, 9.17) is 14.2 Å². The summed E-state index contributed by atoms with van der Waals surface area (Å²) in [6.45, 7) is 2.01. The molecular weight excluding hydrogens is 454 g/mol. The van der Waals surface area contributed by atoms with Crippen molar-refractivity contribution >= 4 is 23.0 Å². The number of urea groups is 1. The van der Waals surface area contributed by atoms with Gasteiger partial charge in [-0.2, -0.15) is 0 Å². The van der Waals surface area contributed by atoms with Gasteiger partial charge < -0.3 is 30.0 Å². The number of carbonyl (C=O) groups excluding carboxylic acids is 1. The number of hydrogen-bond acceptors (Lipinski definition) is 7. The van der Waals surface area contributed by atoms with Gasteiger partial charge in [0.05, 0.1) is 23.3 Å². The van der Waals surface area contributed by atoms with Crippen molar-refractivity contribution in [3.05, 3.63) is 87.5 Å². The highest BCUT2D eigenvalue weighted by Gasteiger charge is 2.33. The lowest BCUT2D eigenvalue weighted by Crippen LogP contribution is -2.43. The van der Waals surface area contributed by atoms with Gasteiger partial charge in [0.15, 0.2) is 17.2 Å². The van der Waals surface area contributed by atoms with E-state index in [1.54, 1.807) is 25.1 Å². The molecule has 10 nitrogen and oxygen atoms in total. The van der Waals surface area contributed by atoms with E-state index >= 15 is 0 Å². The fourth-order valence-corrected chi connectivity index (χ4v) is 4.21. The van der Waals surface area contributed by atoms with E-state index in [-0.39, 0.29) is 19.1 Å². The Morgan fingerprint density at radius 2 is 1.86 bits per heavy atom. The van der Waals surface area contributed by atoms with Crippen LogP contribution < -0.4 is 24.8 Å². The van der Waals surface area contributed by atoms with Crippen LogP contribution in [0, 0.1) is 10.1 Å². The van der Waals surface area contributed by atoms with E-state index in [9.17, 15) is 20.0 Å². The number of fused-ring (bicyclic) bond motifs is 1. The third kappa shape index (κ3) is 4.05. The molecule has 1 atom stereocenters. The fraction of sp³-hybridized carbons (Fsp3) is 0.160. The summed E-state index contributed by atoms with van der Waals surface area (Å²) < 4.78 is 16.4. The topological polar surface area (TPSA) is 132 Å². The van der Waals surface area contributed by atoms with Crippen LogP contribution in [0.15, 0.2) is 60.7 Å². The van der Waals surface area contributed by atoms with Crippen molar-refractivity contribution < 1.29 is 29.0 Å². The minimum Gasteiger partial charge on any atom is -0.500 e. The van der Waals surface area contributed by atoms with Gasteiger partial charge in [-0.05, 0) is 42.3 Å². The van der Waals surface area contributed by atoms with Gasteiger partial charge in [0.25, 0.3) is 0 Å². The third-order valence-corrected chi connectivity index (χ3v) is 5.73.